The first-order chi connectivity index (χ1) is 13.7. The van der Waals surface area contributed by atoms with Gasteiger partial charge in [-0.3, -0.25) is 4.79 Å². The molecule has 5 heteroatoms. The minimum atomic E-state index is -0.149. The van der Waals surface area contributed by atoms with Crippen LogP contribution in [0.1, 0.15) is 42.9 Å². The zero-order valence-corrected chi connectivity index (χ0v) is 16.1. The molecule has 0 unspecified atom stereocenters. The SMILES string of the molecule is O=C(N[C@H]1CCCc2ccccc21)[C@H]1CCCN(C(=O)Nc2ccccc2)C1. The first-order valence-corrected chi connectivity index (χ1v) is 10.2. The topological polar surface area (TPSA) is 61.4 Å². The van der Waals surface area contributed by atoms with E-state index >= 15 is 0 Å². The standard InChI is InChI=1S/C23H27N3O2/c27-22(25-21-14-6-9-17-8-4-5-13-20(17)21)18-10-7-15-26(16-18)23(28)24-19-11-2-1-3-12-19/h1-5,8,11-13,18,21H,6-7,9-10,14-16H2,(H,24,28)(H,25,27)/t18-,21-/m0/s1. The summed E-state index contributed by atoms with van der Waals surface area (Å²) < 4.78 is 0. The van der Waals surface area contributed by atoms with Gasteiger partial charge in [0.1, 0.15) is 0 Å². The number of carbonyl (C=O) groups is 2. The lowest BCUT2D eigenvalue weighted by molar-refractivity contribution is -0.127. The molecule has 3 amide bonds. The van der Waals surface area contributed by atoms with Crippen LogP contribution in [-0.2, 0) is 11.2 Å². The second-order valence-electron chi connectivity index (χ2n) is 7.73. The highest BCUT2D eigenvalue weighted by atomic mass is 16.2. The molecule has 1 heterocycles. The molecule has 5 nitrogen and oxygen atoms in total. The van der Waals surface area contributed by atoms with E-state index in [4.69, 9.17) is 0 Å². The lowest BCUT2D eigenvalue weighted by Gasteiger charge is -2.34. The summed E-state index contributed by atoms with van der Waals surface area (Å²) in [5.41, 5.74) is 3.36. The van der Waals surface area contributed by atoms with Gasteiger partial charge in [0.2, 0.25) is 5.91 Å². The molecule has 28 heavy (non-hydrogen) atoms. The molecule has 0 aromatic heterocycles. The van der Waals surface area contributed by atoms with Crippen LogP contribution >= 0.6 is 0 Å². The Hall–Kier alpha value is -2.82. The number of hydrogen-bond donors (Lipinski definition) is 2. The molecule has 2 N–H and O–H groups in total. The Labute approximate surface area is 166 Å². The Morgan fingerprint density at radius 3 is 2.57 bits per heavy atom. The predicted molar refractivity (Wildman–Crippen MR) is 110 cm³/mol. The van der Waals surface area contributed by atoms with Crippen molar-refractivity contribution in [2.24, 2.45) is 5.92 Å². The van der Waals surface area contributed by atoms with Crippen molar-refractivity contribution in [2.45, 2.75) is 38.1 Å². The lowest BCUT2D eigenvalue weighted by atomic mass is 9.87. The Balaban J connectivity index is 1.37. The van der Waals surface area contributed by atoms with E-state index in [2.05, 4.69) is 28.8 Å². The van der Waals surface area contributed by atoms with Crippen LogP contribution in [0.4, 0.5) is 10.5 Å². The van der Waals surface area contributed by atoms with Gasteiger partial charge in [0, 0.05) is 18.8 Å². The van der Waals surface area contributed by atoms with Crippen molar-refractivity contribution in [1.29, 1.82) is 0 Å². The third-order valence-electron chi connectivity index (χ3n) is 5.79. The maximum atomic E-state index is 12.9. The second kappa shape index (κ2) is 8.46. The van der Waals surface area contributed by atoms with E-state index in [9.17, 15) is 9.59 Å². The number of urea groups is 1. The summed E-state index contributed by atoms with van der Waals surface area (Å²) in [5, 5.41) is 6.18. The van der Waals surface area contributed by atoms with Crippen LogP contribution in [0.3, 0.4) is 0 Å². The molecule has 1 aliphatic heterocycles. The molecule has 1 saturated heterocycles. The Bertz CT molecular complexity index is 837. The van der Waals surface area contributed by atoms with Crippen molar-refractivity contribution < 1.29 is 9.59 Å². The highest BCUT2D eigenvalue weighted by molar-refractivity contribution is 5.90. The maximum Gasteiger partial charge on any atom is 0.321 e. The number of hydrogen-bond acceptors (Lipinski definition) is 2. The summed E-state index contributed by atoms with van der Waals surface area (Å²) in [6, 6.07) is 17.8. The number of amides is 3. The van der Waals surface area contributed by atoms with Crippen LogP contribution in [0.15, 0.2) is 54.6 Å². The summed E-state index contributed by atoms with van der Waals surface area (Å²) in [4.78, 5) is 27.3. The van der Waals surface area contributed by atoms with Crippen LogP contribution in [0.25, 0.3) is 0 Å². The molecule has 2 atom stereocenters. The van der Waals surface area contributed by atoms with Crippen LogP contribution in [-0.4, -0.2) is 29.9 Å². The summed E-state index contributed by atoms with van der Waals surface area (Å²) in [6.45, 7) is 1.16. The predicted octanol–water partition coefficient (Wildman–Crippen LogP) is 4.12. The Morgan fingerprint density at radius 2 is 1.71 bits per heavy atom. The number of carbonyl (C=O) groups excluding carboxylic acids is 2. The fourth-order valence-electron chi connectivity index (χ4n) is 4.29. The van der Waals surface area contributed by atoms with E-state index < -0.39 is 0 Å². The number of anilines is 1. The van der Waals surface area contributed by atoms with Gasteiger partial charge in [-0.1, -0.05) is 42.5 Å². The smallest absolute Gasteiger partial charge is 0.321 e. The monoisotopic (exact) mass is 377 g/mol. The van der Waals surface area contributed by atoms with Gasteiger partial charge in [-0.2, -0.15) is 0 Å². The first kappa shape index (κ1) is 18.5. The van der Waals surface area contributed by atoms with E-state index in [0.29, 0.717) is 13.1 Å². The highest BCUT2D eigenvalue weighted by Gasteiger charge is 2.30. The molecule has 2 aromatic rings. The van der Waals surface area contributed by atoms with Crippen molar-refractivity contribution in [3.63, 3.8) is 0 Å². The van der Waals surface area contributed by atoms with E-state index in [1.807, 2.05) is 36.4 Å². The maximum absolute atomic E-state index is 12.9. The Morgan fingerprint density at radius 1 is 0.929 bits per heavy atom. The molecule has 1 fully saturated rings. The lowest BCUT2D eigenvalue weighted by Crippen LogP contribution is -2.47. The van der Waals surface area contributed by atoms with Crippen molar-refractivity contribution in [2.75, 3.05) is 18.4 Å². The quantitative estimate of drug-likeness (QED) is 0.845. The highest BCUT2D eigenvalue weighted by Crippen LogP contribution is 2.30. The number of rotatable bonds is 3. The second-order valence-corrected chi connectivity index (χ2v) is 7.73. The molecule has 0 bridgehead atoms. The molecule has 2 aromatic carbocycles. The van der Waals surface area contributed by atoms with Crippen molar-refractivity contribution in [3.8, 4) is 0 Å². The minimum Gasteiger partial charge on any atom is -0.349 e. The van der Waals surface area contributed by atoms with Crippen molar-refractivity contribution in [1.82, 2.24) is 10.2 Å². The van der Waals surface area contributed by atoms with Gasteiger partial charge in [-0.05, 0) is 55.4 Å². The third-order valence-corrected chi connectivity index (χ3v) is 5.79. The van der Waals surface area contributed by atoms with Gasteiger partial charge >= 0.3 is 6.03 Å². The summed E-state index contributed by atoms with van der Waals surface area (Å²) in [5.74, 6) is -0.0803. The molecule has 0 saturated carbocycles. The fraction of sp³-hybridized carbons (Fsp3) is 0.391. The molecule has 146 valence electrons. The first-order valence-electron chi connectivity index (χ1n) is 10.2. The number of aryl methyl sites for hydroxylation is 1. The van der Waals surface area contributed by atoms with Crippen LogP contribution in [0.2, 0.25) is 0 Å². The minimum absolute atomic E-state index is 0.0684. The van der Waals surface area contributed by atoms with Crippen LogP contribution < -0.4 is 10.6 Å². The number of likely N-dealkylation sites (tertiary alicyclic amines) is 1. The summed E-state index contributed by atoms with van der Waals surface area (Å²) in [6.07, 6.45) is 4.84. The average Bonchev–Trinajstić information content (AvgIpc) is 2.75. The Kier molecular flexibility index (Phi) is 5.60. The zero-order chi connectivity index (χ0) is 19.3. The van der Waals surface area contributed by atoms with Gasteiger partial charge in [0.25, 0.3) is 0 Å². The average molecular weight is 377 g/mol. The van der Waals surface area contributed by atoms with E-state index in [1.54, 1.807) is 4.90 Å². The number of benzene rings is 2. The van der Waals surface area contributed by atoms with Gasteiger partial charge in [-0.25, -0.2) is 4.79 Å². The number of fused-ring (bicyclic) bond motifs is 1. The molecule has 1 aliphatic carbocycles. The molecule has 4 rings (SSSR count). The van der Waals surface area contributed by atoms with Crippen LogP contribution in [0, 0.1) is 5.92 Å². The van der Waals surface area contributed by atoms with Gasteiger partial charge in [-0.15, -0.1) is 0 Å². The van der Waals surface area contributed by atoms with E-state index in [-0.39, 0.29) is 23.9 Å². The zero-order valence-electron chi connectivity index (χ0n) is 16.1. The normalized spacial score (nSPS) is 21.5. The number of nitrogens with zero attached hydrogens (tertiary/aromatic N) is 1. The largest absolute Gasteiger partial charge is 0.349 e. The molecular weight excluding hydrogens is 350 g/mol. The number of para-hydroxylation sites is 1. The van der Waals surface area contributed by atoms with Crippen molar-refractivity contribution in [3.05, 3.63) is 65.7 Å². The van der Waals surface area contributed by atoms with E-state index in [0.717, 1.165) is 37.8 Å². The number of nitrogens with one attached hydrogen (secondary N) is 2. The third kappa shape index (κ3) is 4.19. The fourth-order valence-corrected chi connectivity index (χ4v) is 4.29. The van der Waals surface area contributed by atoms with Gasteiger partial charge in [0.15, 0.2) is 0 Å². The molecule has 0 radical (unpaired) electrons. The molecule has 2 aliphatic rings. The van der Waals surface area contributed by atoms with Crippen molar-refractivity contribution >= 4 is 17.6 Å². The molecular formula is C23H27N3O2. The summed E-state index contributed by atoms with van der Waals surface area (Å²) >= 11 is 0. The van der Waals surface area contributed by atoms with Gasteiger partial charge in [0.05, 0.1) is 12.0 Å². The summed E-state index contributed by atoms with van der Waals surface area (Å²) in [7, 11) is 0. The van der Waals surface area contributed by atoms with E-state index in [1.165, 1.54) is 11.1 Å². The molecule has 0 spiro atoms. The van der Waals surface area contributed by atoms with Crippen LogP contribution in [0.5, 0.6) is 0 Å². The number of piperidine rings is 1. The van der Waals surface area contributed by atoms with Gasteiger partial charge < -0.3 is 15.5 Å².